The van der Waals surface area contributed by atoms with E-state index in [0.29, 0.717) is 16.0 Å². The van der Waals surface area contributed by atoms with Crippen LogP contribution in [0.2, 0.25) is 10.0 Å². The number of hydrogen-bond acceptors (Lipinski definition) is 4. The summed E-state index contributed by atoms with van der Waals surface area (Å²) in [5.41, 5.74) is 2.88. The van der Waals surface area contributed by atoms with Crippen LogP contribution >= 0.6 is 23.2 Å². The molecule has 1 aliphatic heterocycles. The van der Waals surface area contributed by atoms with Crippen LogP contribution in [0.4, 0.5) is 5.95 Å². The number of fused-ring (bicyclic) bond motifs is 1. The Labute approximate surface area is 142 Å². The van der Waals surface area contributed by atoms with Crippen molar-refractivity contribution in [2.75, 3.05) is 5.32 Å². The van der Waals surface area contributed by atoms with Crippen molar-refractivity contribution < 1.29 is 0 Å². The third-order valence-electron chi connectivity index (χ3n) is 3.69. The highest BCUT2D eigenvalue weighted by Gasteiger charge is 2.25. The number of hydrogen-bond donors (Lipinski definition) is 1. The summed E-state index contributed by atoms with van der Waals surface area (Å²) in [6.07, 6.45) is 2.05. The number of nitrogens with one attached hydrogen (secondary N) is 1. The highest BCUT2D eigenvalue weighted by molar-refractivity contribution is 6.35. The summed E-state index contributed by atoms with van der Waals surface area (Å²) in [4.78, 5) is 0. The van der Waals surface area contributed by atoms with Gasteiger partial charge in [-0.25, -0.2) is 0 Å². The molecule has 1 atom stereocenters. The zero-order valence-corrected chi connectivity index (χ0v) is 13.3. The Bertz CT molecular complexity index is 888. The quantitative estimate of drug-likeness (QED) is 0.762. The lowest BCUT2D eigenvalue weighted by Crippen LogP contribution is -2.20. The average Bonchev–Trinajstić information content (AvgIpc) is 3.03. The van der Waals surface area contributed by atoms with Crippen molar-refractivity contribution >= 4 is 34.8 Å². The first-order valence-electron chi connectivity index (χ1n) is 6.99. The molecule has 0 saturated carbocycles. The molecular weight excluding hydrogens is 333 g/mol. The normalized spacial score (nSPS) is 16.4. The van der Waals surface area contributed by atoms with Crippen LogP contribution < -0.4 is 5.32 Å². The molecule has 0 spiro atoms. The van der Waals surface area contributed by atoms with Crippen molar-refractivity contribution in [1.82, 2.24) is 20.2 Å². The van der Waals surface area contributed by atoms with Gasteiger partial charge in [0, 0.05) is 15.7 Å². The molecule has 23 heavy (non-hydrogen) atoms. The molecule has 0 unspecified atom stereocenters. The van der Waals surface area contributed by atoms with Crippen LogP contribution in [0, 0.1) is 0 Å². The number of nitrogens with zero attached hydrogens (tertiary/aromatic N) is 4. The summed E-state index contributed by atoms with van der Waals surface area (Å²) >= 11 is 12.4. The molecule has 0 amide bonds. The van der Waals surface area contributed by atoms with Gasteiger partial charge in [-0.1, -0.05) is 64.7 Å². The monoisotopic (exact) mass is 343 g/mol. The molecule has 7 heteroatoms. The minimum Gasteiger partial charge on any atom is -0.323 e. The largest absolute Gasteiger partial charge is 0.323 e. The predicted octanol–water partition coefficient (Wildman–Crippen LogP) is 4.04. The highest BCUT2D eigenvalue weighted by atomic mass is 35.5. The molecule has 5 nitrogen and oxygen atoms in total. The van der Waals surface area contributed by atoms with E-state index in [2.05, 4.69) is 20.8 Å². The van der Waals surface area contributed by atoms with Gasteiger partial charge in [0.05, 0.1) is 0 Å². The molecule has 0 saturated heterocycles. The molecule has 3 aromatic rings. The molecule has 1 N–H and O–H groups in total. The van der Waals surface area contributed by atoms with Crippen molar-refractivity contribution in [3.63, 3.8) is 0 Å². The number of rotatable bonds is 2. The van der Waals surface area contributed by atoms with E-state index < -0.39 is 0 Å². The van der Waals surface area contributed by atoms with Gasteiger partial charge in [-0.15, -0.1) is 0 Å². The van der Waals surface area contributed by atoms with E-state index >= 15 is 0 Å². The second-order valence-corrected chi connectivity index (χ2v) is 5.97. The smallest absolute Gasteiger partial charge is 0.248 e. The second-order valence-electron chi connectivity index (χ2n) is 5.13. The highest BCUT2D eigenvalue weighted by Crippen LogP contribution is 2.35. The van der Waals surface area contributed by atoms with Gasteiger partial charge in [0.2, 0.25) is 5.95 Å². The van der Waals surface area contributed by atoms with Gasteiger partial charge in [-0.3, -0.25) is 0 Å². The molecular formula is C16H11Cl2N5. The number of benzene rings is 2. The number of aromatic nitrogens is 4. The minimum atomic E-state index is -0.207. The van der Waals surface area contributed by atoms with Gasteiger partial charge in [-0.05, 0) is 39.8 Å². The Hall–Kier alpha value is -2.37. The Kier molecular flexibility index (Phi) is 3.52. The molecule has 1 aliphatic rings. The zero-order valence-electron chi connectivity index (χ0n) is 11.8. The van der Waals surface area contributed by atoms with E-state index in [1.807, 2.05) is 48.5 Å². The summed E-state index contributed by atoms with van der Waals surface area (Å²) in [6, 6.07) is 15.2. The third-order valence-corrected chi connectivity index (χ3v) is 4.26. The molecule has 0 radical (unpaired) electrons. The van der Waals surface area contributed by atoms with Crippen LogP contribution in [0.5, 0.6) is 0 Å². The van der Waals surface area contributed by atoms with Crippen LogP contribution in [-0.2, 0) is 0 Å². The van der Waals surface area contributed by atoms with Gasteiger partial charge in [0.15, 0.2) is 0 Å². The molecule has 1 aromatic heterocycles. The topological polar surface area (TPSA) is 55.6 Å². The van der Waals surface area contributed by atoms with Crippen molar-refractivity contribution in [2.24, 2.45) is 0 Å². The second kappa shape index (κ2) is 5.68. The molecule has 4 rings (SSSR count). The fourth-order valence-electron chi connectivity index (χ4n) is 2.60. The standard InChI is InChI=1S/C16H11Cl2N5/c17-11-6-7-12(13(18)8-11)15-9-14(10-4-2-1-3-5-10)19-16-20-21-22-23(15)16/h1-9,15H,(H,19,20,22)/t15-/m1/s1. The number of anilines is 1. The van der Waals surface area contributed by atoms with Crippen LogP contribution in [0.3, 0.4) is 0 Å². The fraction of sp³-hybridized carbons (Fsp3) is 0.0625. The van der Waals surface area contributed by atoms with Crippen molar-refractivity contribution in [3.05, 3.63) is 75.8 Å². The molecule has 114 valence electrons. The van der Waals surface area contributed by atoms with E-state index in [4.69, 9.17) is 23.2 Å². The maximum Gasteiger partial charge on any atom is 0.248 e. The molecule has 0 aliphatic carbocycles. The van der Waals surface area contributed by atoms with Gasteiger partial charge in [0.25, 0.3) is 0 Å². The molecule has 0 bridgehead atoms. The van der Waals surface area contributed by atoms with E-state index in [0.717, 1.165) is 16.8 Å². The summed E-state index contributed by atoms with van der Waals surface area (Å²) in [5.74, 6) is 0.572. The average molecular weight is 344 g/mol. The Balaban J connectivity index is 1.85. The van der Waals surface area contributed by atoms with Crippen LogP contribution in [-0.4, -0.2) is 20.2 Å². The molecule has 2 aromatic carbocycles. The Morgan fingerprint density at radius 1 is 1.04 bits per heavy atom. The summed E-state index contributed by atoms with van der Waals surface area (Å²) < 4.78 is 1.70. The Morgan fingerprint density at radius 3 is 2.65 bits per heavy atom. The lowest BCUT2D eigenvalue weighted by Gasteiger charge is -2.24. The third kappa shape index (κ3) is 2.58. The van der Waals surface area contributed by atoms with Gasteiger partial charge >= 0.3 is 0 Å². The van der Waals surface area contributed by atoms with E-state index in [-0.39, 0.29) is 6.04 Å². The Morgan fingerprint density at radius 2 is 1.87 bits per heavy atom. The lowest BCUT2D eigenvalue weighted by molar-refractivity contribution is 0.586. The predicted molar refractivity (Wildman–Crippen MR) is 90.5 cm³/mol. The van der Waals surface area contributed by atoms with Crippen LogP contribution in [0.1, 0.15) is 17.2 Å². The van der Waals surface area contributed by atoms with Gasteiger partial charge in [-0.2, -0.15) is 4.68 Å². The first-order chi connectivity index (χ1) is 11.2. The SMILES string of the molecule is Clc1ccc([C@H]2C=C(c3ccccc3)Nc3nnnn32)c(Cl)c1. The zero-order chi connectivity index (χ0) is 15.8. The first kappa shape index (κ1) is 14.2. The number of halogens is 2. The van der Waals surface area contributed by atoms with Crippen LogP contribution in [0.15, 0.2) is 54.6 Å². The minimum absolute atomic E-state index is 0.207. The molecule has 0 fully saturated rings. The van der Waals surface area contributed by atoms with Gasteiger partial charge < -0.3 is 5.32 Å². The van der Waals surface area contributed by atoms with Crippen molar-refractivity contribution in [1.29, 1.82) is 0 Å². The number of allylic oxidation sites excluding steroid dienone is 1. The fourth-order valence-corrected chi connectivity index (χ4v) is 3.12. The lowest BCUT2D eigenvalue weighted by atomic mass is 10.0. The van der Waals surface area contributed by atoms with Crippen molar-refractivity contribution in [3.8, 4) is 0 Å². The first-order valence-corrected chi connectivity index (χ1v) is 7.75. The summed E-state index contributed by atoms with van der Waals surface area (Å²) in [5, 5.41) is 16.3. The van der Waals surface area contributed by atoms with E-state index in [1.54, 1.807) is 10.7 Å². The van der Waals surface area contributed by atoms with Gasteiger partial charge in [0.1, 0.15) is 6.04 Å². The maximum absolute atomic E-state index is 6.37. The summed E-state index contributed by atoms with van der Waals surface area (Å²) in [7, 11) is 0. The van der Waals surface area contributed by atoms with E-state index in [9.17, 15) is 0 Å². The van der Waals surface area contributed by atoms with Crippen molar-refractivity contribution in [2.45, 2.75) is 6.04 Å². The maximum atomic E-state index is 6.37. The summed E-state index contributed by atoms with van der Waals surface area (Å²) in [6.45, 7) is 0. The van der Waals surface area contributed by atoms with Crippen LogP contribution in [0.25, 0.3) is 5.70 Å². The van der Waals surface area contributed by atoms with E-state index in [1.165, 1.54) is 0 Å². The molecule has 2 heterocycles. The number of tetrazole rings is 1.